The largest absolute Gasteiger partial charge is 0.508 e. The number of phenolic OH excluding ortho intramolecular Hbond substituents is 1. The van der Waals surface area contributed by atoms with Crippen LogP contribution >= 0.6 is 0 Å². The molecule has 0 radical (unpaired) electrons. The number of aromatic hydroxyl groups is 1. The Hall–Kier alpha value is -1.78. The second-order valence-electron chi connectivity index (χ2n) is 5.69. The summed E-state index contributed by atoms with van der Waals surface area (Å²) in [6, 6.07) is 11.4. The molecule has 112 valence electrons. The molecular formula is C17H22N2O2. The summed E-state index contributed by atoms with van der Waals surface area (Å²) < 4.78 is 5.85. The molecule has 0 aromatic heterocycles. The second kappa shape index (κ2) is 6.33. The van der Waals surface area contributed by atoms with Crippen LogP contribution in [0.3, 0.4) is 0 Å². The minimum Gasteiger partial charge on any atom is -0.508 e. The Morgan fingerprint density at radius 2 is 1.76 bits per heavy atom. The number of phenols is 1. The van der Waals surface area contributed by atoms with Gasteiger partial charge in [0.2, 0.25) is 0 Å². The lowest BCUT2D eigenvalue weighted by Crippen LogP contribution is -2.45. The molecule has 1 N–H and O–H groups in total. The monoisotopic (exact) mass is 286 g/mol. The number of benzene rings is 2. The van der Waals surface area contributed by atoms with Crippen molar-refractivity contribution in [1.29, 1.82) is 0 Å². The summed E-state index contributed by atoms with van der Waals surface area (Å²) in [6.07, 6.45) is 0. The Morgan fingerprint density at radius 1 is 1.00 bits per heavy atom. The molecule has 0 spiro atoms. The number of ether oxygens (including phenoxy) is 1. The first kappa shape index (κ1) is 14.2. The maximum Gasteiger partial charge on any atom is 0.120 e. The highest BCUT2D eigenvalue weighted by Gasteiger charge is 2.13. The highest BCUT2D eigenvalue weighted by Crippen LogP contribution is 2.24. The molecule has 0 saturated carbocycles. The van der Waals surface area contributed by atoms with Gasteiger partial charge in [-0.05, 0) is 42.1 Å². The summed E-state index contributed by atoms with van der Waals surface area (Å²) in [5.74, 6) is 1.15. The molecule has 4 heteroatoms. The normalized spacial score (nSPS) is 17.2. The van der Waals surface area contributed by atoms with Gasteiger partial charge in [0.05, 0.1) is 0 Å². The highest BCUT2D eigenvalue weighted by atomic mass is 16.5. The van der Waals surface area contributed by atoms with E-state index in [1.54, 1.807) is 12.1 Å². The van der Waals surface area contributed by atoms with Gasteiger partial charge in [0.1, 0.15) is 18.1 Å². The van der Waals surface area contributed by atoms with E-state index < -0.39 is 0 Å². The van der Waals surface area contributed by atoms with E-state index in [1.807, 2.05) is 24.3 Å². The molecule has 2 aromatic carbocycles. The quantitative estimate of drug-likeness (QED) is 0.934. The number of piperazine rings is 1. The predicted octanol–water partition coefficient (Wildman–Crippen LogP) is 2.17. The first-order chi connectivity index (χ1) is 10.2. The van der Waals surface area contributed by atoms with E-state index in [0.717, 1.165) is 49.2 Å². The van der Waals surface area contributed by atoms with E-state index in [4.69, 9.17) is 4.74 Å². The average molecular weight is 286 g/mol. The fourth-order valence-corrected chi connectivity index (χ4v) is 2.67. The smallest absolute Gasteiger partial charge is 0.120 e. The van der Waals surface area contributed by atoms with Crippen molar-refractivity contribution in [3.8, 4) is 11.5 Å². The number of rotatable bonds is 4. The van der Waals surface area contributed by atoms with Crippen LogP contribution in [0.15, 0.2) is 36.4 Å². The van der Waals surface area contributed by atoms with Crippen LogP contribution in [0.2, 0.25) is 0 Å². The fraction of sp³-hybridized carbons (Fsp3) is 0.412. The van der Waals surface area contributed by atoms with Gasteiger partial charge in [0.25, 0.3) is 0 Å². The Bertz CT molecular complexity index is 607. The Balaban J connectivity index is 1.55. The van der Waals surface area contributed by atoms with E-state index in [0.29, 0.717) is 6.61 Å². The number of likely N-dealkylation sites (N-methyl/N-ethyl adjacent to an activating group) is 1. The fourth-order valence-electron chi connectivity index (χ4n) is 2.67. The third-order valence-electron chi connectivity index (χ3n) is 4.07. The van der Waals surface area contributed by atoms with Crippen LogP contribution in [0.4, 0.5) is 0 Å². The van der Waals surface area contributed by atoms with Gasteiger partial charge in [-0.25, -0.2) is 0 Å². The average Bonchev–Trinajstić information content (AvgIpc) is 2.49. The summed E-state index contributed by atoms with van der Waals surface area (Å²) >= 11 is 0. The number of fused-ring (bicyclic) bond motifs is 1. The molecule has 1 heterocycles. The van der Waals surface area contributed by atoms with E-state index in [1.165, 1.54) is 0 Å². The molecule has 0 bridgehead atoms. The molecule has 0 aliphatic carbocycles. The zero-order valence-electron chi connectivity index (χ0n) is 12.5. The van der Waals surface area contributed by atoms with E-state index >= 15 is 0 Å². The summed E-state index contributed by atoms with van der Waals surface area (Å²) in [4.78, 5) is 4.79. The Kier molecular flexibility index (Phi) is 4.27. The first-order valence-electron chi connectivity index (χ1n) is 7.47. The lowest BCUT2D eigenvalue weighted by atomic mass is 10.1. The summed E-state index contributed by atoms with van der Waals surface area (Å²) in [5, 5.41) is 11.7. The van der Waals surface area contributed by atoms with Gasteiger partial charge in [-0.15, -0.1) is 0 Å². The second-order valence-corrected chi connectivity index (χ2v) is 5.69. The third-order valence-corrected chi connectivity index (χ3v) is 4.07. The van der Waals surface area contributed by atoms with Gasteiger partial charge >= 0.3 is 0 Å². The molecule has 1 aliphatic rings. The molecular weight excluding hydrogens is 264 g/mol. The number of hydrogen-bond acceptors (Lipinski definition) is 4. The van der Waals surface area contributed by atoms with E-state index in [-0.39, 0.29) is 5.75 Å². The van der Waals surface area contributed by atoms with Crippen molar-refractivity contribution in [2.75, 3.05) is 46.4 Å². The van der Waals surface area contributed by atoms with Gasteiger partial charge < -0.3 is 14.7 Å². The highest BCUT2D eigenvalue weighted by molar-refractivity contribution is 5.85. The minimum atomic E-state index is 0.289. The van der Waals surface area contributed by atoms with Crippen molar-refractivity contribution in [2.24, 2.45) is 0 Å². The first-order valence-corrected chi connectivity index (χ1v) is 7.47. The van der Waals surface area contributed by atoms with Crippen LogP contribution in [0.1, 0.15) is 0 Å². The van der Waals surface area contributed by atoms with Crippen molar-refractivity contribution in [2.45, 2.75) is 0 Å². The summed E-state index contributed by atoms with van der Waals surface area (Å²) in [6.45, 7) is 6.17. The zero-order chi connectivity index (χ0) is 14.7. The van der Waals surface area contributed by atoms with Gasteiger partial charge in [-0.1, -0.05) is 12.1 Å². The molecule has 3 rings (SSSR count). The molecule has 2 aromatic rings. The van der Waals surface area contributed by atoms with E-state index in [9.17, 15) is 5.11 Å². The molecule has 21 heavy (non-hydrogen) atoms. The van der Waals surface area contributed by atoms with Crippen molar-refractivity contribution in [1.82, 2.24) is 9.80 Å². The van der Waals surface area contributed by atoms with Gasteiger partial charge in [-0.2, -0.15) is 0 Å². The Labute approximate surface area is 125 Å². The minimum absolute atomic E-state index is 0.289. The molecule has 0 unspecified atom stereocenters. The van der Waals surface area contributed by atoms with Crippen molar-refractivity contribution >= 4 is 10.8 Å². The van der Waals surface area contributed by atoms with E-state index in [2.05, 4.69) is 16.8 Å². The van der Waals surface area contributed by atoms with Crippen LogP contribution in [0.5, 0.6) is 11.5 Å². The van der Waals surface area contributed by atoms with Crippen LogP contribution in [0, 0.1) is 0 Å². The predicted molar refractivity (Wildman–Crippen MR) is 85.0 cm³/mol. The van der Waals surface area contributed by atoms with Gasteiger partial charge in [-0.3, -0.25) is 4.90 Å². The maximum absolute atomic E-state index is 9.54. The van der Waals surface area contributed by atoms with Crippen molar-refractivity contribution in [3.05, 3.63) is 36.4 Å². The van der Waals surface area contributed by atoms with Gasteiger partial charge in [0.15, 0.2) is 0 Å². The molecule has 1 fully saturated rings. The SMILES string of the molecule is CN1CCN(CCOc2ccc3ccc(O)cc3c2)CC1. The lowest BCUT2D eigenvalue weighted by molar-refractivity contribution is 0.134. The molecule has 0 amide bonds. The van der Waals surface area contributed by atoms with Crippen LogP contribution in [-0.4, -0.2) is 61.3 Å². The summed E-state index contributed by atoms with van der Waals surface area (Å²) in [5.41, 5.74) is 0. The van der Waals surface area contributed by atoms with Gasteiger partial charge in [0, 0.05) is 32.7 Å². The molecule has 1 aliphatic heterocycles. The van der Waals surface area contributed by atoms with Crippen molar-refractivity contribution < 1.29 is 9.84 Å². The third kappa shape index (κ3) is 3.65. The van der Waals surface area contributed by atoms with Crippen LogP contribution in [0.25, 0.3) is 10.8 Å². The zero-order valence-corrected chi connectivity index (χ0v) is 12.5. The number of hydrogen-bond donors (Lipinski definition) is 1. The lowest BCUT2D eigenvalue weighted by Gasteiger charge is -2.32. The molecule has 4 nitrogen and oxygen atoms in total. The molecule has 0 atom stereocenters. The maximum atomic E-state index is 9.54. The Morgan fingerprint density at radius 3 is 2.57 bits per heavy atom. The topological polar surface area (TPSA) is 35.9 Å². The number of nitrogens with zero attached hydrogens (tertiary/aromatic N) is 2. The van der Waals surface area contributed by atoms with Crippen LogP contribution < -0.4 is 4.74 Å². The van der Waals surface area contributed by atoms with Crippen molar-refractivity contribution in [3.63, 3.8) is 0 Å². The molecule has 1 saturated heterocycles. The van der Waals surface area contributed by atoms with Crippen LogP contribution in [-0.2, 0) is 0 Å². The summed E-state index contributed by atoms with van der Waals surface area (Å²) in [7, 11) is 2.17. The standard InChI is InChI=1S/C17H22N2O2/c1-18-6-8-19(9-7-18)10-11-21-17-5-3-14-2-4-16(20)12-15(14)13-17/h2-5,12-13,20H,6-11H2,1H3.